The van der Waals surface area contributed by atoms with Gasteiger partial charge in [0.25, 0.3) is 0 Å². The third-order valence-electron chi connectivity index (χ3n) is 3.59. The first kappa shape index (κ1) is 16.4. The topological polar surface area (TPSA) is 38.7 Å². The summed E-state index contributed by atoms with van der Waals surface area (Å²) < 4.78 is 0. The molecule has 0 radical (unpaired) electrons. The van der Waals surface area contributed by atoms with E-state index < -0.39 is 0 Å². The fraction of sp³-hybridized carbons (Fsp3) is 0.0455. The van der Waals surface area contributed by atoms with Crippen LogP contribution in [0.4, 0.5) is 0 Å². The van der Waals surface area contributed by atoms with E-state index in [9.17, 15) is 0 Å². The molecule has 0 unspecified atom stereocenters. The maximum Gasteiger partial charge on any atom is 0.164 e. The maximum atomic E-state index is 5.25. The van der Waals surface area contributed by atoms with Crippen LogP contribution < -0.4 is 0 Å². The van der Waals surface area contributed by atoms with Gasteiger partial charge in [0.05, 0.1) is 0 Å². The van der Waals surface area contributed by atoms with Crippen LogP contribution in [0.5, 0.6) is 0 Å². The van der Waals surface area contributed by atoms with Crippen molar-refractivity contribution in [3.05, 3.63) is 84.7 Å². The Morgan fingerprint density at radius 2 is 1.36 bits per heavy atom. The summed E-state index contributed by atoms with van der Waals surface area (Å²) in [5.41, 5.74) is 2.83. The van der Waals surface area contributed by atoms with Crippen LogP contribution in [0.25, 0.3) is 28.3 Å². The second-order valence-electron chi connectivity index (χ2n) is 5.41. The smallest absolute Gasteiger partial charge is 0.164 e. The Bertz CT molecular complexity index is 892. The Hall–Kier alpha value is -3.51. The zero-order valence-corrected chi connectivity index (χ0v) is 13.9. The molecule has 3 nitrogen and oxygen atoms in total. The number of hydrogen-bond acceptors (Lipinski definition) is 3. The van der Waals surface area contributed by atoms with Gasteiger partial charge in [-0.05, 0) is 18.6 Å². The van der Waals surface area contributed by atoms with Crippen molar-refractivity contribution in [1.29, 1.82) is 0 Å². The van der Waals surface area contributed by atoms with Gasteiger partial charge in [0.1, 0.15) is 0 Å². The van der Waals surface area contributed by atoms with Gasteiger partial charge in [-0.2, -0.15) is 0 Å². The van der Waals surface area contributed by atoms with E-state index in [1.54, 1.807) is 6.08 Å². The molecule has 25 heavy (non-hydrogen) atoms. The molecule has 3 rings (SSSR count). The van der Waals surface area contributed by atoms with Gasteiger partial charge in [-0.1, -0.05) is 78.7 Å². The zero-order chi connectivity index (χ0) is 17.5. The molecule has 0 saturated heterocycles. The number of hydrogen-bond donors (Lipinski definition) is 0. The van der Waals surface area contributed by atoms with E-state index in [4.69, 9.17) is 6.42 Å². The first-order valence-electron chi connectivity index (χ1n) is 7.95. The van der Waals surface area contributed by atoms with E-state index in [-0.39, 0.29) is 0 Å². The molecule has 0 spiro atoms. The lowest BCUT2D eigenvalue weighted by Crippen LogP contribution is -2.01. The summed E-state index contributed by atoms with van der Waals surface area (Å²) in [4.78, 5) is 13.9. The van der Waals surface area contributed by atoms with Gasteiger partial charge in [0.15, 0.2) is 17.5 Å². The molecule has 1 heterocycles. The Morgan fingerprint density at radius 3 is 1.84 bits per heavy atom. The second-order valence-corrected chi connectivity index (χ2v) is 5.41. The molecule has 0 bridgehead atoms. The van der Waals surface area contributed by atoms with Crippen LogP contribution in [-0.2, 0) is 0 Å². The molecule has 1 aromatic heterocycles. The quantitative estimate of drug-likeness (QED) is 0.511. The highest BCUT2D eigenvalue weighted by molar-refractivity contribution is 5.66. The van der Waals surface area contributed by atoms with Crippen molar-refractivity contribution >= 4 is 5.57 Å². The molecule has 0 N–H and O–H groups in total. The third kappa shape index (κ3) is 4.07. The largest absolute Gasteiger partial charge is 0.209 e. The normalized spacial score (nSPS) is 11.4. The fourth-order valence-electron chi connectivity index (χ4n) is 2.31. The lowest BCUT2D eigenvalue weighted by atomic mass is 10.1. The van der Waals surface area contributed by atoms with Crippen LogP contribution >= 0.6 is 0 Å². The molecule has 0 aliphatic heterocycles. The van der Waals surface area contributed by atoms with Crippen molar-refractivity contribution in [2.45, 2.75) is 6.92 Å². The van der Waals surface area contributed by atoms with Gasteiger partial charge in [0, 0.05) is 11.1 Å². The molecule has 2 aromatic carbocycles. The van der Waals surface area contributed by atoms with Crippen molar-refractivity contribution in [3.8, 4) is 35.1 Å². The highest BCUT2D eigenvalue weighted by Crippen LogP contribution is 2.22. The van der Waals surface area contributed by atoms with Gasteiger partial charge >= 0.3 is 0 Å². The monoisotopic (exact) mass is 323 g/mol. The molecule has 0 aliphatic rings. The van der Waals surface area contributed by atoms with E-state index in [2.05, 4.69) is 20.9 Å². The van der Waals surface area contributed by atoms with Crippen LogP contribution in [0, 0.1) is 12.3 Å². The highest BCUT2D eigenvalue weighted by atomic mass is 15.0. The summed E-state index contributed by atoms with van der Waals surface area (Å²) in [5.74, 6) is 4.41. The molecular formula is C22H17N3. The minimum Gasteiger partial charge on any atom is -0.209 e. The summed E-state index contributed by atoms with van der Waals surface area (Å²) in [6.07, 6.45) is 10.6. The van der Waals surface area contributed by atoms with E-state index in [0.717, 1.165) is 16.7 Å². The first-order chi connectivity index (χ1) is 12.3. The van der Waals surface area contributed by atoms with Crippen molar-refractivity contribution in [2.75, 3.05) is 0 Å². The van der Waals surface area contributed by atoms with Gasteiger partial charge in [-0.3, -0.25) is 0 Å². The van der Waals surface area contributed by atoms with Crippen LogP contribution in [0.3, 0.4) is 0 Å². The first-order valence-corrected chi connectivity index (χ1v) is 7.95. The highest BCUT2D eigenvalue weighted by Gasteiger charge is 2.10. The summed E-state index contributed by atoms with van der Waals surface area (Å²) in [5, 5.41) is 0. The standard InChI is InChI=1S/C22H17N3/c1-3-4-7-12-17(2)20-23-21(18-13-8-5-9-14-18)25-22(24-20)19-15-10-6-11-16-19/h1,4-16H,2H3/b7-4-,17-12+. The van der Waals surface area contributed by atoms with Crippen LogP contribution in [0.2, 0.25) is 0 Å². The van der Waals surface area contributed by atoms with E-state index in [0.29, 0.717) is 17.5 Å². The lowest BCUT2D eigenvalue weighted by molar-refractivity contribution is 1.03. The summed E-state index contributed by atoms with van der Waals surface area (Å²) in [6, 6.07) is 19.8. The molecule has 0 saturated carbocycles. The predicted molar refractivity (Wildman–Crippen MR) is 102 cm³/mol. The SMILES string of the molecule is C#C/C=C\C=C(/C)c1nc(-c2ccccc2)nc(-c2ccccc2)n1. The number of rotatable bonds is 4. The Balaban J connectivity index is 2.14. The van der Waals surface area contributed by atoms with E-state index in [1.807, 2.05) is 79.7 Å². The molecular weight excluding hydrogens is 306 g/mol. The summed E-state index contributed by atoms with van der Waals surface area (Å²) in [7, 11) is 0. The molecule has 0 fully saturated rings. The van der Waals surface area contributed by atoms with Crippen molar-refractivity contribution in [1.82, 2.24) is 15.0 Å². The lowest BCUT2D eigenvalue weighted by Gasteiger charge is -2.08. The maximum absolute atomic E-state index is 5.25. The number of allylic oxidation sites excluding steroid dienone is 4. The minimum atomic E-state index is 0.634. The van der Waals surface area contributed by atoms with Crippen molar-refractivity contribution in [3.63, 3.8) is 0 Å². The Labute approximate surface area is 147 Å². The van der Waals surface area contributed by atoms with Gasteiger partial charge in [-0.15, -0.1) is 6.42 Å². The average molecular weight is 323 g/mol. The minimum absolute atomic E-state index is 0.634. The Morgan fingerprint density at radius 1 is 0.840 bits per heavy atom. The summed E-state index contributed by atoms with van der Waals surface area (Å²) >= 11 is 0. The number of benzene rings is 2. The number of terminal acetylenes is 1. The van der Waals surface area contributed by atoms with Crippen LogP contribution in [0.1, 0.15) is 12.7 Å². The van der Waals surface area contributed by atoms with Crippen LogP contribution in [0.15, 0.2) is 78.9 Å². The van der Waals surface area contributed by atoms with Crippen LogP contribution in [-0.4, -0.2) is 15.0 Å². The van der Waals surface area contributed by atoms with Crippen molar-refractivity contribution in [2.24, 2.45) is 0 Å². The average Bonchev–Trinajstić information content (AvgIpc) is 2.69. The van der Waals surface area contributed by atoms with E-state index in [1.165, 1.54) is 0 Å². The van der Waals surface area contributed by atoms with Crippen molar-refractivity contribution < 1.29 is 0 Å². The predicted octanol–water partition coefficient (Wildman–Crippen LogP) is 4.80. The Kier molecular flexibility index (Phi) is 5.13. The summed E-state index contributed by atoms with van der Waals surface area (Å²) in [6.45, 7) is 1.96. The molecule has 0 amide bonds. The second kappa shape index (κ2) is 7.85. The molecule has 120 valence electrons. The zero-order valence-electron chi connectivity index (χ0n) is 13.9. The molecule has 3 aromatic rings. The molecule has 0 atom stereocenters. The molecule has 0 aliphatic carbocycles. The molecule has 3 heteroatoms. The fourth-order valence-corrected chi connectivity index (χ4v) is 2.31. The van der Waals surface area contributed by atoms with E-state index >= 15 is 0 Å². The van der Waals surface area contributed by atoms with Gasteiger partial charge < -0.3 is 0 Å². The van der Waals surface area contributed by atoms with Gasteiger partial charge in [-0.25, -0.2) is 15.0 Å². The van der Waals surface area contributed by atoms with Gasteiger partial charge in [0.2, 0.25) is 0 Å². The number of nitrogens with zero attached hydrogens (tertiary/aromatic N) is 3. The number of aromatic nitrogens is 3. The third-order valence-corrected chi connectivity index (χ3v) is 3.59.